The second-order valence-corrected chi connectivity index (χ2v) is 46.3. The van der Waals surface area contributed by atoms with Crippen molar-refractivity contribution in [1.82, 2.24) is 17.5 Å². The molecular formula is C104H116F2N4O2S12. The van der Waals surface area contributed by atoms with Crippen molar-refractivity contribution in [3.05, 3.63) is 164 Å². The predicted octanol–water partition coefficient (Wildman–Crippen LogP) is 38.6. The zero-order chi connectivity index (χ0) is 85.7. The second kappa shape index (κ2) is 43.3. The molecule has 0 saturated heterocycles. The minimum Gasteiger partial charge on any atom is -0.493 e. The van der Waals surface area contributed by atoms with E-state index in [0.29, 0.717) is 34.8 Å². The molecule has 0 aliphatic heterocycles. The summed E-state index contributed by atoms with van der Waals surface area (Å²) >= 11 is 20.4. The molecule has 0 aliphatic rings. The Balaban J connectivity index is 0.675. The minimum atomic E-state index is -0.464. The van der Waals surface area contributed by atoms with Gasteiger partial charge in [-0.25, -0.2) is 8.78 Å². The molecular weight excluding hydrogens is 1760 g/mol. The minimum absolute atomic E-state index is 0.243. The second-order valence-electron chi connectivity index (χ2n) is 33.9. The van der Waals surface area contributed by atoms with E-state index in [1.165, 1.54) is 283 Å². The van der Waals surface area contributed by atoms with Gasteiger partial charge in [-0.1, -0.05) is 208 Å². The van der Waals surface area contributed by atoms with Crippen molar-refractivity contribution in [2.24, 2.45) is 11.8 Å². The topological polar surface area (TPSA) is 70.0 Å². The van der Waals surface area contributed by atoms with Crippen molar-refractivity contribution in [1.29, 1.82) is 0 Å². The maximum absolute atomic E-state index is 16.9. The van der Waals surface area contributed by atoms with Gasteiger partial charge in [0.15, 0.2) is 0 Å². The van der Waals surface area contributed by atoms with E-state index in [-0.39, 0.29) is 11.1 Å². The van der Waals surface area contributed by atoms with Crippen molar-refractivity contribution in [2.75, 3.05) is 13.2 Å². The van der Waals surface area contributed by atoms with Crippen LogP contribution in [-0.2, 0) is 12.8 Å². The van der Waals surface area contributed by atoms with Crippen LogP contribution in [0.4, 0.5) is 8.78 Å². The third-order valence-electron chi connectivity index (χ3n) is 24.8. The monoisotopic (exact) mass is 1870 g/mol. The number of hydrogen-bond donors (Lipinski definition) is 0. The van der Waals surface area contributed by atoms with Crippen LogP contribution < -0.4 is 9.47 Å². The molecule has 6 nitrogen and oxygen atoms in total. The molecule has 16 aromatic rings. The molecule has 16 rings (SSSR count). The molecule has 0 spiro atoms. The molecule has 650 valence electrons. The quantitative estimate of drug-likeness (QED) is 0.0354. The van der Waals surface area contributed by atoms with Gasteiger partial charge in [0.2, 0.25) is 0 Å². The molecule has 2 atom stereocenters. The number of halogens is 2. The van der Waals surface area contributed by atoms with E-state index in [1.54, 1.807) is 34.0 Å². The zero-order valence-corrected chi connectivity index (χ0v) is 83.4. The number of benzene rings is 4. The van der Waals surface area contributed by atoms with E-state index in [9.17, 15) is 0 Å². The summed E-state index contributed by atoms with van der Waals surface area (Å²) in [7, 11) is 0. The lowest BCUT2D eigenvalue weighted by molar-refractivity contribution is 0.304. The molecule has 124 heavy (non-hydrogen) atoms. The molecule has 4 aromatic carbocycles. The van der Waals surface area contributed by atoms with Crippen molar-refractivity contribution in [2.45, 2.75) is 262 Å². The lowest BCUT2D eigenvalue weighted by Gasteiger charge is -2.17. The molecule has 0 saturated carbocycles. The fraction of sp³-hybridized carbons (Fsp3) is 0.423. The van der Waals surface area contributed by atoms with Gasteiger partial charge in [0.05, 0.1) is 47.8 Å². The smallest absolute Gasteiger partial charge is 0.133 e. The molecule has 20 heteroatoms. The summed E-state index contributed by atoms with van der Waals surface area (Å²) < 4.78 is 71.0. The lowest BCUT2D eigenvalue weighted by atomic mass is 9.95. The number of nitrogens with zero attached hydrogens (tertiary/aromatic N) is 4. The fourth-order valence-corrected chi connectivity index (χ4v) is 30.3. The van der Waals surface area contributed by atoms with Gasteiger partial charge in [-0.3, -0.25) is 0 Å². The van der Waals surface area contributed by atoms with Crippen LogP contribution in [0.15, 0.2) is 121 Å². The molecule has 0 fully saturated rings. The largest absolute Gasteiger partial charge is 0.493 e. The van der Waals surface area contributed by atoms with E-state index in [1.807, 2.05) is 80.9 Å². The summed E-state index contributed by atoms with van der Waals surface area (Å²) in [5, 5.41) is 2.73. The SMILES string of the molecule is CCCCCCCCCCCCOc1c(C)c(-c2ccc(-c3ccc(-c4cc(F)c(-c5ccc(-c6ccc(-c7c(OCCCCCCCCCCCC)c(C)c(-c8ccc(-c9cc%10c(-c%11ccc(CC(CC)CCCC)s%11)c%11sc(C)cc%11c(-c%11ccc(CC(CC)CCCC)s%11)c%10s9)s8)c8nsnc78)s6)s5)cc4F)s3)s2)c2nsnc2c1-c1ccc(C)s1. The maximum atomic E-state index is 16.9. The highest BCUT2D eigenvalue weighted by Gasteiger charge is 2.31. The highest BCUT2D eigenvalue weighted by atomic mass is 32.1. The summed E-state index contributed by atoms with van der Waals surface area (Å²) in [6.07, 6.45) is 37.4. The summed E-state index contributed by atoms with van der Waals surface area (Å²) in [5.41, 5.74) is 12.9. The number of hydrogen-bond acceptors (Lipinski definition) is 18. The van der Waals surface area contributed by atoms with Crippen molar-refractivity contribution < 1.29 is 18.3 Å². The molecule has 0 radical (unpaired) electrons. The first-order valence-corrected chi connectivity index (χ1v) is 55.4. The summed E-state index contributed by atoms with van der Waals surface area (Å²) in [4.78, 5) is 20.6. The summed E-state index contributed by atoms with van der Waals surface area (Å²) in [5.74, 6) is 2.20. The van der Waals surface area contributed by atoms with Crippen molar-refractivity contribution in [3.8, 4) is 124 Å². The summed E-state index contributed by atoms with van der Waals surface area (Å²) in [6, 6.07) is 43.1. The molecule has 12 heterocycles. The highest BCUT2D eigenvalue weighted by Crippen LogP contribution is 2.57. The van der Waals surface area contributed by atoms with Gasteiger partial charge in [0, 0.05) is 152 Å². The van der Waals surface area contributed by atoms with Crippen molar-refractivity contribution >= 4 is 179 Å². The van der Waals surface area contributed by atoms with Crippen LogP contribution in [0, 0.1) is 51.2 Å². The Hall–Kier alpha value is -6.50. The summed E-state index contributed by atoms with van der Waals surface area (Å²) in [6.45, 7) is 24.0. The van der Waals surface area contributed by atoms with Gasteiger partial charge >= 0.3 is 0 Å². The number of aryl methyl sites for hydroxylation is 2. The molecule has 0 bridgehead atoms. The normalized spacial score (nSPS) is 12.5. The Bertz CT molecular complexity index is 6120. The van der Waals surface area contributed by atoms with Crippen LogP contribution in [0.25, 0.3) is 155 Å². The first-order chi connectivity index (χ1) is 60.7. The van der Waals surface area contributed by atoms with Gasteiger partial charge < -0.3 is 9.47 Å². The van der Waals surface area contributed by atoms with Gasteiger partial charge in [0.1, 0.15) is 45.2 Å². The Morgan fingerprint density at radius 2 is 0.621 bits per heavy atom. The maximum Gasteiger partial charge on any atom is 0.133 e. The third kappa shape index (κ3) is 20.5. The Morgan fingerprint density at radius 3 is 1.03 bits per heavy atom. The van der Waals surface area contributed by atoms with Gasteiger partial charge in [-0.2, -0.15) is 17.5 Å². The van der Waals surface area contributed by atoms with E-state index in [4.69, 9.17) is 27.0 Å². The molecule has 2 unspecified atom stereocenters. The standard InChI is InChI=1S/C104H116F2N4O2S12/c1-11-17-21-23-25-27-29-31-33-35-55-111-101-65(9)91(97-99(109-123-107-97)95(101)88-42-39-63(7)113-88)84-52-49-81(119-84)79-47-45-77(117-79)71-60-76(106)72(61-75(71)105)78-46-48-80(118-78)82-50-54-89(120-82)96-100-98(108-124-110-100)92(66(10)102(96)112-56-36-34-32-30-28-26-24-22-18-12-2)85-53-51-83(121-85)90-62-74-94(87-44-41-70(116-87)59-68(16-6)38-20-14-4)103-73(57-64(8)114-103)93(104(74)122-90)86-43-40-69(115-86)58-67(15-5)37-19-13-3/h39-54,57,60-62,67-68H,11-38,55-56,58-59H2,1-10H3. The van der Waals surface area contributed by atoms with E-state index >= 15 is 8.78 Å². The first kappa shape index (κ1) is 90.8. The Labute approximate surface area is 782 Å². The van der Waals surface area contributed by atoms with Crippen LogP contribution in [0.2, 0.25) is 0 Å². The van der Waals surface area contributed by atoms with Crippen LogP contribution in [0.5, 0.6) is 11.5 Å². The lowest BCUT2D eigenvalue weighted by Crippen LogP contribution is -2.02. The van der Waals surface area contributed by atoms with Crippen LogP contribution in [0.1, 0.15) is 252 Å². The number of aromatic nitrogens is 4. The van der Waals surface area contributed by atoms with Gasteiger partial charge in [-0.05, 0) is 187 Å². The van der Waals surface area contributed by atoms with Gasteiger partial charge in [-0.15, -0.1) is 113 Å². The van der Waals surface area contributed by atoms with E-state index in [0.717, 1.165) is 144 Å². The number of unbranched alkanes of at least 4 members (excludes halogenated alkanes) is 20. The predicted molar refractivity (Wildman–Crippen MR) is 550 cm³/mol. The van der Waals surface area contributed by atoms with Crippen LogP contribution >= 0.6 is 137 Å². The molecule has 0 N–H and O–H groups in total. The number of thiophene rings is 10. The zero-order valence-electron chi connectivity index (χ0n) is 73.6. The Morgan fingerprint density at radius 1 is 0.290 bits per heavy atom. The number of fused-ring (bicyclic) bond motifs is 4. The molecule has 12 aromatic heterocycles. The molecule has 0 aliphatic carbocycles. The van der Waals surface area contributed by atoms with Gasteiger partial charge in [0.25, 0.3) is 0 Å². The molecule has 0 amide bonds. The van der Waals surface area contributed by atoms with Crippen molar-refractivity contribution in [3.63, 3.8) is 0 Å². The highest BCUT2D eigenvalue weighted by molar-refractivity contribution is 7.29. The third-order valence-corrected chi connectivity index (χ3v) is 37.5. The average molecular weight is 1880 g/mol. The van der Waals surface area contributed by atoms with E-state index < -0.39 is 11.6 Å². The van der Waals surface area contributed by atoms with E-state index in [2.05, 4.69) is 154 Å². The number of ether oxygens (including phenoxy) is 2. The van der Waals surface area contributed by atoms with Crippen LogP contribution in [0.3, 0.4) is 0 Å². The average Bonchev–Trinajstić information content (AvgIpc) is 1.57. The Kier molecular flexibility index (Phi) is 31.7. The number of rotatable bonds is 47. The fourth-order valence-electron chi connectivity index (χ4n) is 17.9. The first-order valence-electron chi connectivity index (χ1n) is 45.8. The van der Waals surface area contributed by atoms with Crippen LogP contribution in [-0.4, -0.2) is 30.7 Å².